The molecule has 1 aromatic heterocycles. The normalized spacial score (nSPS) is 19.3. The number of nitrogens with zero attached hydrogens (tertiary/aromatic N) is 1. The van der Waals surface area contributed by atoms with Crippen molar-refractivity contribution in [1.29, 1.82) is 0 Å². The fourth-order valence-corrected chi connectivity index (χ4v) is 5.26. The van der Waals surface area contributed by atoms with Crippen LogP contribution in [0.15, 0.2) is 47.5 Å². The summed E-state index contributed by atoms with van der Waals surface area (Å²) in [5.74, 6) is -0.449. The smallest absolute Gasteiger partial charge is 0.338 e. The zero-order valence-electron chi connectivity index (χ0n) is 15.7. The van der Waals surface area contributed by atoms with E-state index in [1.807, 2.05) is 25.1 Å². The third-order valence-corrected chi connectivity index (χ3v) is 6.83. The first-order valence-corrected chi connectivity index (χ1v) is 10.9. The van der Waals surface area contributed by atoms with Crippen LogP contribution in [0.2, 0.25) is 0 Å². The maximum atomic E-state index is 12.9. The van der Waals surface area contributed by atoms with E-state index in [1.54, 1.807) is 12.3 Å². The summed E-state index contributed by atoms with van der Waals surface area (Å²) in [6, 6.07) is 10.2. The highest BCUT2D eigenvalue weighted by molar-refractivity contribution is 7.93. The second kappa shape index (κ2) is 6.53. The number of hydrogen-bond acceptors (Lipinski definition) is 6. The minimum atomic E-state index is -3.78. The monoisotopic (exact) mass is 409 g/mol. The van der Waals surface area contributed by atoms with Gasteiger partial charge < -0.3 is 10.1 Å². The maximum Gasteiger partial charge on any atom is 0.338 e. The summed E-state index contributed by atoms with van der Waals surface area (Å²) in [5, 5.41) is 4.03. The SMILES string of the molecule is Cc1cc2c(c3ncccc13)NS(=O)(=O)c1ccc(C(=O)OC3CCNC3)cc1-2. The summed E-state index contributed by atoms with van der Waals surface area (Å²) >= 11 is 0. The van der Waals surface area contributed by atoms with Gasteiger partial charge in [0.25, 0.3) is 10.0 Å². The molecular formula is C21H19N3O4S. The zero-order valence-corrected chi connectivity index (χ0v) is 16.5. The van der Waals surface area contributed by atoms with E-state index >= 15 is 0 Å². The largest absolute Gasteiger partial charge is 0.457 e. The summed E-state index contributed by atoms with van der Waals surface area (Å²) in [7, 11) is -3.78. The number of sulfonamides is 1. The molecule has 148 valence electrons. The fourth-order valence-electron chi connectivity index (χ4n) is 3.97. The quantitative estimate of drug-likeness (QED) is 0.632. The van der Waals surface area contributed by atoms with Crippen molar-refractivity contribution in [3.8, 4) is 11.1 Å². The van der Waals surface area contributed by atoms with Gasteiger partial charge in [0.15, 0.2) is 0 Å². The number of rotatable bonds is 2. The van der Waals surface area contributed by atoms with Crippen LogP contribution in [0.4, 0.5) is 5.69 Å². The Labute approximate surface area is 168 Å². The molecule has 29 heavy (non-hydrogen) atoms. The average molecular weight is 409 g/mol. The Bertz CT molecular complexity index is 1260. The molecule has 0 spiro atoms. The summed E-state index contributed by atoms with van der Waals surface area (Å²) < 4.78 is 33.9. The van der Waals surface area contributed by atoms with E-state index in [2.05, 4.69) is 15.0 Å². The first-order valence-electron chi connectivity index (χ1n) is 9.41. The molecule has 8 heteroatoms. The third kappa shape index (κ3) is 2.95. The van der Waals surface area contributed by atoms with Gasteiger partial charge in [-0.05, 0) is 55.8 Å². The Morgan fingerprint density at radius 2 is 2.07 bits per heavy atom. The van der Waals surface area contributed by atoms with Gasteiger partial charge in [-0.15, -0.1) is 0 Å². The van der Waals surface area contributed by atoms with Crippen molar-refractivity contribution in [1.82, 2.24) is 10.3 Å². The van der Waals surface area contributed by atoms with E-state index in [0.29, 0.717) is 34.4 Å². The van der Waals surface area contributed by atoms with Gasteiger partial charge in [0.1, 0.15) is 6.10 Å². The summed E-state index contributed by atoms with van der Waals surface area (Å²) in [6.07, 6.45) is 2.25. The molecule has 1 saturated heterocycles. The van der Waals surface area contributed by atoms with Crippen LogP contribution in [-0.2, 0) is 14.8 Å². The lowest BCUT2D eigenvalue weighted by Gasteiger charge is -2.24. The van der Waals surface area contributed by atoms with Crippen molar-refractivity contribution < 1.29 is 17.9 Å². The van der Waals surface area contributed by atoms with Crippen molar-refractivity contribution in [3.05, 3.63) is 53.7 Å². The van der Waals surface area contributed by atoms with Gasteiger partial charge in [-0.3, -0.25) is 9.71 Å². The topological polar surface area (TPSA) is 97.4 Å². The van der Waals surface area contributed by atoms with E-state index in [0.717, 1.165) is 23.9 Å². The molecule has 0 radical (unpaired) electrons. The van der Waals surface area contributed by atoms with Gasteiger partial charge >= 0.3 is 5.97 Å². The van der Waals surface area contributed by atoms with Crippen LogP contribution in [0.1, 0.15) is 22.3 Å². The van der Waals surface area contributed by atoms with E-state index in [1.165, 1.54) is 12.1 Å². The number of aromatic nitrogens is 1. The molecule has 0 aliphatic carbocycles. The van der Waals surface area contributed by atoms with Gasteiger partial charge in [-0.25, -0.2) is 13.2 Å². The van der Waals surface area contributed by atoms with Crippen molar-refractivity contribution in [2.75, 3.05) is 17.8 Å². The Balaban J connectivity index is 1.67. The van der Waals surface area contributed by atoms with Gasteiger partial charge in [-0.2, -0.15) is 0 Å². The number of carbonyl (C=O) groups is 1. The molecule has 2 N–H and O–H groups in total. The molecule has 3 heterocycles. The number of anilines is 1. The fraction of sp³-hybridized carbons (Fsp3) is 0.238. The van der Waals surface area contributed by atoms with Gasteiger partial charge in [0.2, 0.25) is 0 Å². The molecule has 3 aromatic rings. The van der Waals surface area contributed by atoms with E-state index in [4.69, 9.17) is 4.74 Å². The van der Waals surface area contributed by atoms with Crippen LogP contribution in [0.3, 0.4) is 0 Å². The van der Waals surface area contributed by atoms with E-state index in [9.17, 15) is 13.2 Å². The highest BCUT2D eigenvalue weighted by atomic mass is 32.2. The lowest BCUT2D eigenvalue weighted by atomic mass is 9.96. The summed E-state index contributed by atoms with van der Waals surface area (Å²) in [4.78, 5) is 17.1. The molecule has 0 amide bonds. The minimum Gasteiger partial charge on any atom is -0.457 e. The zero-order chi connectivity index (χ0) is 20.2. The molecule has 2 aliphatic heterocycles. The highest BCUT2D eigenvalue weighted by Gasteiger charge is 2.31. The number of ether oxygens (including phenoxy) is 1. The summed E-state index contributed by atoms with van der Waals surface area (Å²) in [6.45, 7) is 3.41. The number of carbonyl (C=O) groups excluding carboxylic acids is 1. The molecule has 1 unspecified atom stereocenters. The van der Waals surface area contributed by atoms with Crippen molar-refractivity contribution in [3.63, 3.8) is 0 Å². The Kier molecular flexibility index (Phi) is 4.07. The number of fused-ring (bicyclic) bond motifs is 5. The van der Waals surface area contributed by atoms with Crippen LogP contribution < -0.4 is 10.0 Å². The Hall–Kier alpha value is -2.97. The second-order valence-corrected chi connectivity index (χ2v) is 9.00. The molecular weight excluding hydrogens is 390 g/mol. The van der Waals surface area contributed by atoms with Gasteiger partial charge in [0.05, 0.1) is 21.7 Å². The summed E-state index contributed by atoms with van der Waals surface area (Å²) in [5.41, 5.74) is 3.51. The van der Waals surface area contributed by atoms with Crippen LogP contribution in [-0.4, -0.2) is 38.6 Å². The number of nitrogens with one attached hydrogen (secondary N) is 2. The first kappa shape index (κ1) is 18.1. The van der Waals surface area contributed by atoms with Crippen molar-refractivity contribution >= 4 is 32.6 Å². The Morgan fingerprint density at radius 3 is 2.86 bits per heavy atom. The predicted octanol–water partition coefficient (Wildman–Crippen LogP) is 2.84. The minimum absolute atomic E-state index is 0.138. The number of benzene rings is 2. The number of esters is 1. The van der Waals surface area contributed by atoms with Crippen molar-refractivity contribution in [2.45, 2.75) is 24.3 Å². The van der Waals surface area contributed by atoms with E-state index < -0.39 is 16.0 Å². The lowest BCUT2D eigenvalue weighted by molar-refractivity contribution is 0.0344. The standard InChI is InChI=1S/C21H19N3O4S/c1-12-9-17-16-10-13(21(25)28-14-6-8-22-11-14)4-5-18(16)29(26,27)24-20(17)19-15(12)3-2-7-23-19/h2-5,7,9-10,14,22,24H,6,8,11H2,1H3. The molecule has 5 rings (SSSR count). The van der Waals surface area contributed by atoms with Gasteiger partial charge in [0, 0.05) is 29.3 Å². The van der Waals surface area contributed by atoms with Crippen LogP contribution in [0.25, 0.3) is 22.0 Å². The molecule has 2 aliphatic rings. The van der Waals surface area contributed by atoms with E-state index in [-0.39, 0.29) is 11.0 Å². The second-order valence-electron chi connectivity index (χ2n) is 7.35. The molecule has 2 aromatic carbocycles. The van der Waals surface area contributed by atoms with Crippen LogP contribution in [0.5, 0.6) is 0 Å². The molecule has 0 saturated carbocycles. The van der Waals surface area contributed by atoms with Gasteiger partial charge in [-0.1, -0.05) is 6.07 Å². The Morgan fingerprint density at radius 1 is 1.21 bits per heavy atom. The first-order chi connectivity index (χ1) is 13.9. The number of aryl methyl sites for hydroxylation is 1. The van der Waals surface area contributed by atoms with Crippen LogP contribution in [0, 0.1) is 6.92 Å². The van der Waals surface area contributed by atoms with Crippen molar-refractivity contribution in [2.24, 2.45) is 0 Å². The molecule has 0 bridgehead atoms. The third-order valence-electron chi connectivity index (χ3n) is 5.42. The average Bonchev–Trinajstić information content (AvgIpc) is 3.22. The molecule has 1 atom stereocenters. The van der Waals surface area contributed by atoms with Crippen LogP contribution >= 0.6 is 0 Å². The molecule has 7 nitrogen and oxygen atoms in total. The lowest BCUT2D eigenvalue weighted by Crippen LogP contribution is -2.22. The molecule has 1 fully saturated rings. The maximum absolute atomic E-state index is 12.9. The highest BCUT2D eigenvalue weighted by Crippen LogP contribution is 2.43. The number of hydrogen-bond donors (Lipinski definition) is 2. The number of pyridine rings is 1. The predicted molar refractivity (Wildman–Crippen MR) is 109 cm³/mol.